The fourth-order valence-corrected chi connectivity index (χ4v) is 2.49. The molecular formula is C12H26N2O. The number of likely N-dealkylation sites (tertiary alicyclic amines) is 1. The van der Waals surface area contributed by atoms with Crippen LogP contribution in [0, 0.1) is 11.8 Å². The molecule has 90 valence electrons. The van der Waals surface area contributed by atoms with E-state index in [0.717, 1.165) is 25.0 Å². The van der Waals surface area contributed by atoms with Gasteiger partial charge in [-0.25, -0.2) is 0 Å². The topological polar surface area (TPSA) is 38.5 Å². The third-order valence-electron chi connectivity index (χ3n) is 3.50. The van der Waals surface area contributed by atoms with Crippen LogP contribution in [-0.2, 0) is 4.74 Å². The Bertz CT molecular complexity index is 175. The van der Waals surface area contributed by atoms with E-state index in [1.165, 1.54) is 13.0 Å². The van der Waals surface area contributed by atoms with E-state index in [-0.39, 0.29) is 0 Å². The number of ether oxygens (including phenoxy) is 1. The average molecular weight is 214 g/mol. The SMILES string of the molecule is CC1CC(C)C(C)N(CCOCCN)C1. The zero-order valence-corrected chi connectivity index (χ0v) is 10.4. The van der Waals surface area contributed by atoms with E-state index < -0.39 is 0 Å². The summed E-state index contributed by atoms with van der Waals surface area (Å²) in [4.78, 5) is 2.55. The molecule has 0 radical (unpaired) electrons. The van der Waals surface area contributed by atoms with E-state index >= 15 is 0 Å². The third kappa shape index (κ3) is 4.09. The van der Waals surface area contributed by atoms with Crippen LogP contribution in [0.1, 0.15) is 27.2 Å². The first-order chi connectivity index (χ1) is 7.15. The third-order valence-corrected chi connectivity index (χ3v) is 3.50. The smallest absolute Gasteiger partial charge is 0.0594 e. The van der Waals surface area contributed by atoms with Gasteiger partial charge < -0.3 is 10.5 Å². The molecule has 0 aromatic rings. The molecule has 1 saturated heterocycles. The molecule has 3 heteroatoms. The summed E-state index contributed by atoms with van der Waals surface area (Å²) in [5.74, 6) is 1.63. The van der Waals surface area contributed by atoms with Crippen LogP contribution in [-0.4, -0.2) is 43.8 Å². The van der Waals surface area contributed by atoms with Crippen molar-refractivity contribution in [3.05, 3.63) is 0 Å². The molecule has 0 aliphatic carbocycles. The molecule has 3 atom stereocenters. The number of hydrogen-bond acceptors (Lipinski definition) is 3. The maximum absolute atomic E-state index is 5.44. The van der Waals surface area contributed by atoms with Gasteiger partial charge >= 0.3 is 0 Å². The van der Waals surface area contributed by atoms with Gasteiger partial charge in [-0.2, -0.15) is 0 Å². The van der Waals surface area contributed by atoms with Crippen molar-refractivity contribution >= 4 is 0 Å². The molecule has 15 heavy (non-hydrogen) atoms. The fourth-order valence-electron chi connectivity index (χ4n) is 2.49. The molecule has 0 spiro atoms. The Balaban J connectivity index is 2.26. The van der Waals surface area contributed by atoms with Crippen molar-refractivity contribution in [2.45, 2.75) is 33.2 Å². The van der Waals surface area contributed by atoms with E-state index in [2.05, 4.69) is 25.7 Å². The lowest BCUT2D eigenvalue weighted by Crippen LogP contribution is -2.47. The molecule has 3 unspecified atom stereocenters. The maximum Gasteiger partial charge on any atom is 0.0594 e. The van der Waals surface area contributed by atoms with Crippen molar-refractivity contribution < 1.29 is 4.74 Å². The van der Waals surface area contributed by atoms with E-state index in [0.29, 0.717) is 19.2 Å². The predicted molar refractivity (Wildman–Crippen MR) is 63.9 cm³/mol. The minimum absolute atomic E-state index is 0.627. The predicted octanol–water partition coefficient (Wildman–Crippen LogP) is 1.33. The second kappa shape index (κ2) is 6.46. The van der Waals surface area contributed by atoms with Gasteiger partial charge in [-0.05, 0) is 25.2 Å². The highest BCUT2D eigenvalue weighted by Gasteiger charge is 2.27. The van der Waals surface area contributed by atoms with Gasteiger partial charge in [-0.15, -0.1) is 0 Å². The van der Waals surface area contributed by atoms with Crippen molar-refractivity contribution in [2.75, 3.05) is 32.8 Å². The lowest BCUT2D eigenvalue weighted by atomic mass is 9.86. The summed E-state index contributed by atoms with van der Waals surface area (Å²) in [5.41, 5.74) is 5.38. The minimum Gasteiger partial charge on any atom is -0.379 e. The van der Waals surface area contributed by atoms with Crippen molar-refractivity contribution in [2.24, 2.45) is 17.6 Å². The Morgan fingerprint density at radius 3 is 2.67 bits per heavy atom. The molecule has 1 fully saturated rings. The Labute approximate surface area is 94.0 Å². The molecule has 0 aromatic carbocycles. The number of piperidine rings is 1. The lowest BCUT2D eigenvalue weighted by molar-refractivity contribution is 0.0418. The largest absolute Gasteiger partial charge is 0.379 e. The van der Waals surface area contributed by atoms with Gasteiger partial charge in [0.05, 0.1) is 13.2 Å². The summed E-state index contributed by atoms with van der Waals surface area (Å²) in [7, 11) is 0. The zero-order chi connectivity index (χ0) is 11.3. The summed E-state index contributed by atoms with van der Waals surface area (Å²) in [6.45, 7) is 11.4. The van der Waals surface area contributed by atoms with Gasteiger partial charge in [0.2, 0.25) is 0 Å². The highest BCUT2D eigenvalue weighted by atomic mass is 16.5. The number of nitrogens with two attached hydrogens (primary N) is 1. The average Bonchev–Trinajstić information content (AvgIpc) is 2.19. The van der Waals surface area contributed by atoms with Crippen LogP contribution in [0.5, 0.6) is 0 Å². The highest BCUT2D eigenvalue weighted by Crippen LogP contribution is 2.26. The van der Waals surface area contributed by atoms with Crippen molar-refractivity contribution in [1.29, 1.82) is 0 Å². The Morgan fingerprint density at radius 2 is 2.00 bits per heavy atom. The Morgan fingerprint density at radius 1 is 1.27 bits per heavy atom. The Kier molecular flexibility index (Phi) is 5.58. The number of nitrogens with zero attached hydrogens (tertiary/aromatic N) is 1. The molecule has 0 saturated carbocycles. The Hall–Kier alpha value is -0.120. The zero-order valence-electron chi connectivity index (χ0n) is 10.4. The number of hydrogen-bond donors (Lipinski definition) is 1. The van der Waals surface area contributed by atoms with Gasteiger partial charge in [0, 0.05) is 25.7 Å². The normalized spacial score (nSPS) is 33.2. The van der Waals surface area contributed by atoms with Gasteiger partial charge in [-0.3, -0.25) is 4.90 Å². The van der Waals surface area contributed by atoms with Crippen molar-refractivity contribution in [1.82, 2.24) is 4.90 Å². The second-order valence-corrected chi connectivity index (χ2v) is 4.95. The van der Waals surface area contributed by atoms with Crippen LogP contribution >= 0.6 is 0 Å². The summed E-state index contributed by atoms with van der Waals surface area (Å²) in [6, 6.07) is 0.697. The van der Waals surface area contributed by atoms with Gasteiger partial charge in [0.25, 0.3) is 0 Å². The van der Waals surface area contributed by atoms with Crippen LogP contribution in [0.3, 0.4) is 0 Å². The first-order valence-corrected chi connectivity index (χ1v) is 6.17. The molecular weight excluding hydrogens is 188 g/mol. The molecule has 3 nitrogen and oxygen atoms in total. The van der Waals surface area contributed by atoms with Crippen LogP contribution in [0.15, 0.2) is 0 Å². The van der Waals surface area contributed by atoms with Crippen LogP contribution in [0.4, 0.5) is 0 Å². The summed E-state index contributed by atoms with van der Waals surface area (Å²) < 4.78 is 5.44. The van der Waals surface area contributed by atoms with Crippen molar-refractivity contribution in [3.8, 4) is 0 Å². The maximum atomic E-state index is 5.44. The quantitative estimate of drug-likeness (QED) is 0.702. The van der Waals surface area contributed by atoms with Gasteiger partial charge in [-0.1, -0.05) is 13.8 Å². The first kappa shape index (κ1) is 12.9. The highest BCUT2D eigenvalue weighted by molar-refractivity contribution is 4.81. The van der Waals surface area contributed by atoms with Crippen LogP contribution < -0.4 is 5.73 Å². The monoisotopic (exact) mass is 214 g/mol. The van der Waals surface area contributed by atoms with Crippen molar-refractivity contribution in [3.63, 3.8) is 0 Å². The molecule has 0 aromatic heterocycles. The summed E-state index contributed by atoms with van der Waals surface area (Å²) in [5, 5.41) is 0. The first-order valence-electron chi connectivity index (χ1n) is 6.17. The molecule has 2 N–H and O–H groups in total. The van der Waals surface area contributed by atoms with Gasteiger partial charge in [0.15, 0.2) is 0 Å². The number of rotatable bonds is 5. The lowest BCUT2D eigenvalue weighted by Gasteiger charge is -2.41. The fraction of sp³-hybridized carbons (Fsp3) is 1.00. The standard InChI is InChI=1S/C12H26N2O/c1-10-8-11(2)12(3)14(9-10)5-7-15-6-4-13/h10-12H,4-9,13H2,1-3H3. The molecule has 1 aliphatic rings. The van der Waals surface area contributed by atoms with Crippen LogP contribution in [0.25, 0.3) is 0 Å². The van der Waals surface area contributed by atoms with Crippen LogP contribution in [0.2, 0.25) is 0 Å². The minimum atomic E-state index is 0.627. The molecule has 1 rings (SSSR count). The molecule has 1 heterocycles. The summed E-state index contributed by atoms with van der Waals surface area (Å²) in [6.07, 6.45) is 1.36. The van der Waals surface area contributed by atoms with E-state index in [4.69, 9.17) is 10.5 Å². The van der Waals surface area contributed by atoms with E-state index in [1.807, 2.05) is 0 Å². The summed E-state index contributed by atoms with van der Waals surface area (Å²) >= 11 is 0. The second-order valence-electron chi connectivity index (χ2n) is 4.95. The van der Waals surface area contributed by atoms with E-state index in [9.17, 15) is 0 Å². The molecule has 0 amide bonds. The van der Waals surface area contributed by atoms with Gasteiger partial charge in [0.1, 0.15) is 0 Å². The van der Waals surface area contributed by atoms with E-state index in [1.54, 1.807) is 0 Å². The molecule has 1 aliphatic heterocycles. The molecule has 0 bridgehead atoms.